The third kappa shape index (κ3) is 8.27. The van der Waals surface area contributed by atoms with Crippen molar-refractivity contribution < 1.29 is 47.6 Å². The minimum Gasteiger partial charge on any atom is -0.147 e. The SMILES string of the molecule is CCCC1C=C(C(C)(C)C)C=[C]1[Zr](=[C](c1cccc(C(F)(F)F)c1)c1cccc(C(F)(F)F)c1)[c]1c(C)ccc2c1Cc1cc(C)ccc1-2.Cl.Cl. The molecule has 51 heavy (non-hydrogen) atoms. The van der Waals surface area contributed by atoms with Gasteiger partial charge in [-0.15, -0.1) is 24.8 Å². The summed E-state index contributed by atoms with van der Waals surface area (Å²) in [7, 11) is 0. The van der Waals surface area contributed by atoms with E-state index in [1.807, 2.05) is 0 Å². The van der Waals surface area contributed by atoms with E-state index >= 15 is 0 Å². The number of allylic oxidation sites excluding steroid dienone is 4. The van der Waals surface area contributed by atoms with Gasteiger partial charge in [-0.1, -0.05) is 0 Å². The zero-order valence-corrected chi connectivity index (χ0v) is 33.5. The Morgan fingerprint density at radius 3 is 1.84 bits per heavy atom. The van der Waals surface area contributed by atoms with Gasteiger partial charge in [0.05, 0.1) is 0 Å². The Hall–Kier alpha value is -2.73. The number of benzene rings is 4. The van der Waals surface area contributed by atoms with E-state index in [0.717, 1.165) is 73.8 Å². The molecule has 0 aromatic heterocycles. The van der Waals surface area contributed by atoms with Gasteiger partial charge < -0.3 is 0 Å². The molecule has 0 heterocycles. The van der Waals surface area contributed by atoms with Crippen LogP contribution in [0.3, 0.4) is 0 Å². The standard InChI is InChI=1S/C15H8F6.C15H13.C12H19.2ClH.Zr/c16-14(17,18)12-5-1-3-10(8-12)7-11-4-2-6-13(9-11)15(19,20)21;1-10-3-5-14-12(7-10)9-13-8-11(2)4-6-15(13)14;1-5-6-10-7-8-11(9-10)12(2,3)4;;;/h1-6,8-9H;3-7H,9H2,1-2H3;8-10H,5-6H2,1-4H3;2*1H;. The van der Waals surface area contributed by atoms with Crippen molar-refractivity contribution in [2.45, 2.75) is 73.2 Å². The minimum atomic E-state index is -4.61. The van der Waals surface area contributed by atoms with Gasteiger partial charge in [0.1, 0.15) is 0 Å². The summed E-state index contributed by atoms with van der Waals surface area (Å²) in [5.41, 5.74) is 6.82. The number of alkyl halides is 6. The van der Waals surface area contributed by atoms with Gasteiger partial charge in [-0.25, -0.2) is 0 Å². The average Bonchev–Trinajstić information content (AvgIpc) is 3.61. The Morgan fingerprint density at radius 1 is 0.745 bits per heavy atom. The molecule has 1 unspecified atom stereocenters. The summed E-state index contributed by atoms with van der Waals surface area (Å²) in [6.07, 6.45) is -2.22. The predicted molar refractivity (Wildman–Crippen MR) is 198 cm³/mol. The molecule has 2 aliphatic rings. The van der Waals surface area contributed by atoms with E-state index < -0.39 is 44.7 Å². The maximum atomic E-state index is 14.3. The first-order valence-corrected chi connectivity index (χ1v) is 20.4. The van der Waals surface area contributed by atoms with Crippen LogP contribution in [0.4, 0.5) is 26.3 Å². The molecular weight excluding hydrogens is 781 g/mol. The molecule has 4 aromatic rings. The van der Waals surface area contributed by atoms with Crippen LogP contribution in [0.5, 0.6) is 0 Å². The fourth-order valence-electron chi connectivity index (χ4n) is 7.35. The number of hydrogen-bond donors (Lipinski definition) is 0. The molecule has 0 amide bonds. The molecule has 0 fully saturated rings. The first-order chi connectivity index (χ1) is 23.0. The third-order valence-electron chi connectivity index (χ3n) is 9.74. The van der Waals surface area contributed by atoms with E-state index in [-0.39, 0.29) is 36.1 Å². The van der Waals surface area contributed by atoms with Gasteiger partial charge in [0.2, 0.25) is 0 Å². The Morgan fingerprint density at radius 2 is 1.31 bits per heavy atom. The quantitative estimate of drug-likeness (QED) is 0.150. The molecule has 0 saturated heterocycles. The zero-order chi connectivity index (χ0) is 35.5. The van der Waals surface area contributed by atoms with Crippen LogP contribution in [0.1, 0.15) is 85.0 Å². The second-order valence-corrected chi connectivity index (χ2v) is 20.1. The van der Waals surface area contributed by atoms with Gasteiger partial charge in [0.25, 0.3) is 0 Å². The summed E-state index contributed by atoms with van der Waals surface area (Å²) in [4.78, 5) is 0. The van der Waals surface area contributed by atoms with Crippen molar-refractivity contribution in [3.8, 4) is 11.1 Å². The van der Waals surface area contributed by atoms with Crippen molar-refractivity contribution in [3.05, 3.63) is 144 Å². The number of fused-ring (bicyclic) bond motifs is 3. The number of aryl methyl sites for hydroxylation is 2. The fourth-order valence-corrected chi connectivity index (χ4v) is 16.2. The molecule has 0 bridgehead atoms. The van der Waals surface area contributed by atoms with Crippen molar-refractivity contribution in [1.82, 2.24) is 0 Å². The van der Waals surface area contributed by atoms with Crippen molar-refractivity contribution in [3.63, 3.8) is 0 Å². The Labute approximate surface area is 317 Å². The summed E-state index contributed by atoms with van der Waals surface area (Å²) in [6.45, 7) is 12.7. The van der Waals surface area contributed by atoms with Crippen LogP contribution < -0.4 is 3.27 Å². The van der Waals surface area contributed by atoms with Gasteiger partial charge in [-0.05, 0) is 0 Å². The topological polar surface area (TPSA) is 0 Å². The molecule has 0 spiro atoms. The normalized spacial score (nSPS) is 15.3. The minimum absolute atomic E-state index is 0. The Balaban J connectivity index is 0.00000292. The van der Waals surface area contributed by atoms with Crippen molar-refractivity contribution in [2.24, 2.45) is 11.3 Å². The van der Waals surface area contributed by atoms with Crippen molar-refractivity contribution in [1.29, 1.82) is 0 Å². The van der Waals surface area contributed by atoms with Gasteiger partial charge >= 0.3 is 294 Å². The zero-order valence-electron chi connectivity index (χ0n) is 29.4. The molecule has 0 aliphatic heterocycles. The average molecular weight is 823 g/mol. The summed E-state index contributed by atoms with van der Waals surface area (Å²) in [6, 6.07) is 21.1. The van der Waals surface area contributed by atoms with Crippen LogP contribution in [-0.4, -0.2) is 3.21 Å². The number of hydrogen-bond acceptors (Lipinski definition) is 0. The second-order valence-electron chi connectivity index (χ2n) is 14.4. The van der Waals surface area contributed by atoms with Gasteiger partial charge in [0.15, 0.2) is 0 Å². The largest absolute Gasteiger partial charge is 0.147 e. The first kappa shape index (κ1) is 41.0. The van der Waals surface area contributed by atoms with Crippen LogP contribution in [0, 0.1) is 25.2 Å². The molecule has 9 heteroatoms. The van der Waals surface area contributed by atoms with Crippen molar-refractivity contribution in [2.75, 3.05) is 0 Å². The fraction of sp³-hybridized carbons (Fsp3) is 0.310. The Kier molecular flexibility index (Phi) is 12.3. The van der Waals surface area contributed by atoms with Crippen LogP contribution in [-0.2, 0) is 40.0 Å². The van der Waals surface area contributed by atoms with E-state index in [2.05, 4.69) is 84.0 Å². The summed E-state index contributed by atoms with van der Waals surface area (Å²) in [5.74, 6) is 0.0431. The molecule has 2 aliphatic carbocycles. The van der Waals surface area contributed by atoms with Gasteiger partial charge in [0, 0.05) is 0 Å². The van der Waals surface area contributed by atoms with Crippen LogP contribution in [0.2, 0.25) is 0 Å². The Bertz CT molecular complexity index is 1980. The molecule has 1 atom stereocenters. The maximum absolute atomic E-state index is 14.3. The van der Waals surface area contributed by atoms with Crippen molar-refractivity contribution >= 4 is 31.3 Å². The summed E-state index contributed by atoms with van der Waals surface area (Å²) in [5, 5.41) is 0. The monoisotopic (exact) mass is 820 g/mol. The molecule has 0 radical (unpaired) electrons. The van der Waals surface area contributed by atoms with E-state index in [1.54, 1.807) is 12.1 Å². The van der Waals surface area contributed by atoms with E-state index in [1.165, 1.54) is 21.0 Å². The maximum Gasteiger partial charge on any atom is -0.147 e. The summed E-state index contributed by atoms with van der Waals surface area (Å²) < 4.78 is 88.7. The summed E-state index contributed by atoms with van der Waals surface area (Å²) >= 11 is -3.70. The third-order valence-corrected chi connectivity index (χ3v) is 18.0. The smallest absolute Gasteiger partial charge is 0.147 e. The molecule has 0 nitrogen and oxygen atoms in total. The number of halogens is 8. The molecular formula is C42H42Cl2F6Zr. The van der Waals surface area contributed by atoms with Gasteiger partial charge in [-0.3, -0.25) is 0 Å². The molecule has 270 valence electrons. The number of rotatable bonds is 6. The van der Waals surface area contributed by atoms with Crippen LogP contribution in [0.15, 0.2) is 99.9 Å². The van der Waals surface area contributed by atoms with Gasteiger partial charge in [-0.2, -0.15) is 0 Å². The van der Waals surface area contributed by atoms with E-state index in [9.17, 15) is 26.3 Å². The predicted octanol–water partition coefficient (Wildman–Crippen LogP) is 12.6. The molecule has 4 aromatic carbocycles. The second kappa shape index (κ2) is 15.3. The van der Waals surface area contributed by atoms with E-state index in [0.29, 0.717) is 20.8 Å². The molecule has 0 N–H and O–H groups in total. The molecule has 6 rings (SSSR count). The molecule has 0 saturated carbocycles. The first-order valence-electron chi connectivity index (χ1n) is 16.7. The van der Waals surface area contributed by atoms with E-state index in [4.69, 9.17) is 0 Å². The van der Waals surface area contributed by atoms with Crippen LogP contribution >= 0.6 is 24.8 Å². The van der Waals surface area contributed by atoms with Crippen LogP contribution in [0.25, 0.3) is 11.1 Å².